The molecule has 0 saturated carbocycles. The van der Waals surface area contributed by atoms with Gasteiger partial charge in [-0.1, -0.05) is 0 Å². The molecule has 0 aromatic carbocycles. The summed E-state index contributed by atoms with van der Waals surface area (Å²) < 4.78 is 21.6. The zero-order valence-corrected chi connectivity index (χ0v) is 8.67. The molecule has 76 valence electrons. The second kappa shape index (κ2) is 3.68. The second-order valence-corrected chi connectivity index (χ2v) is 5.13. The van der Waals surface area contributed by atoms with E-state index in [4.69, 9.17) is 22.3 Å². The lowest BCUT2D eigenvalue weighted by atomic mass is 10.5. The number of nitrogens with zero attached hydrogens (tertiary/aromatic N) is 2. The molecule has 0 bridgehead atoms. The largest absolute Gasteiger partial charge is 0.366 e. The first kappa shape index (κ1) is 11.2. The van der Waals surface area contributed by atoms with Crippen LogP contribution in [0.3, 0.4) is 0 Å². The molecule has 0 unspecified atom stereocenters. The van der Waals surface area contributed by atoms with Gasteiger partial charge in [0.05, 0.1) is 11.0 Å². The Balaban J connectivity index is 3.43. The third kappa shape index (κ3) is 2.53. The highest BCUT2D eigenvalue weighted by Gasteiger charge is 2.19. The number of halogens is 2. The Morgan fingerprint density at radius 2 is 2.00 bits per heavy atom. The SMILES string of the molecule is O=[N+]([O-])c1cc(S(=O)(=O)Cl)cc(Cl)n1. The molecule has 0 atom stereocenters. The molecule has 9 heteroatoms. The molecule has 0 radical (unpaired) electrons. The molecule has 0 amide bonds. The molecule has 0 aliphatic heterocycles. The Morgan fingerprint density at radius 3 is 2.43 bits per heavy atom. The van der Waals surface area contributed by atoms with Crippen LogP contribution in [-0.4, -0.2) is 18.3 Å². The van der Waals surface area contributed by atoms with Gasteiger partial charge in [-0.05, 0) is 21.5 Å². The van der Waals surface area contributed by atoms with Gasteiger partial charge in [0.25, 0.3) is 9.05 Å². The third-order valence-electron chi connectivity index (χ3n) is 1.22. The smallest absolute Gasteiger partial charge is 0.358 e. The lowest BCUT2D eigenvalue weighted by molar-refractivity contribution is -0.389. The Kier molecular flexibility index (Phi) is 2.93. The van der Waals surface area contributed by atoms with Gasteiger partial charge in [-0.25, -0.2) is 8.42 Å². The van der Waals surface area contributed by atoms with E-state index in [0.717, 1.165) is 12.1 Å². The number of hydrogen-bond acceptors (Lipinski definition) is 5. The maximum absolute atomic E-state index is 10.8. The number of nitro groups is 1. The van der Waals surface area contributed by atoms with Gasteiger partial charge in [-0.15, -0.1) is 0 Å². The normalized spacial score (nSPS) is 11.3. The first-order chi connectivity index (χ1) is 6.30. The molecule has 0 aliphatic rings. The monoisotopic (exact) mass is 256 g/mol. The van der Waals surface area contributed by atoms with E-state index in [1.54, 1.807) is 0 Å². The summed E-state index contributed by atoms with van der Waals surface area (Å²) in [5.74, 6) is -0.670. The Labute approximate surface area is 88.0 Å². The van der Waals surface area contributed by atoms with Crippen LogP contribution >= 0.6 is 22.3 Å². The summed E-state index contributed by atoms with van der Waals surface area (Å²) in [6.07, 6.45) is 0. The fraction of sp³-hybridized carbons (Fsp3) is 0. The highest BCUT2D eigenvalue weighted by Crippen LogP contribution is 2.22. The zero-order chi connectivity index (χ0) is 10.9. The van der Waals surface area contributed by atoms with Gasteiger partial charge in [0.15, 0.2) is 0 Å². The van der Waals surface area contributed by atoms with E-state index in [1.165, 1.54) is 0 Å². The van der Waals surface area contributed by atoms with E-state index in [0.29, 0.717) is 0 Å². The van der Waals surface area contributed by atoms with E-state index >= 15 is 0 Å². The third-order valence-corrected chi connectivity index (χ3v) is 2.75. The van der Waals surface area contributed by atoms with Crippen molar-refractivity contribution in [3.8, 4) is 0 Å². The number of aromatic nitrogens is 1. The maximum atomic E-state index is 10.8. The average molecular weight is 257 g/mol. The summed E-state index contributed by atoms with van der Waals surface area (Å²) in [5.41, 5.74) is 0. The van der Waals surface area contributed by atoms with Crippen molar-refractivity contribution in [3.63, 3.8) is 0 Å². The van der Waals surface area contributed by atoms with Crippen molar-refractivity contribution >= 4 is 37.2 Å². The van der Waals surface area contributed by atoms with Crippen LogP contribution in [0.5, 0.6) is 0 Å². The van der Waals surface area contributed by atoms with Gasteiger partial charge in [-0.2, -0.15) is 0 Å². The standard InChI is InChI=1S/C5H2Cl2N2O4S/c6-4-1-3(14(7,12)13)2-5(8-4)9(10)11/h1-2H. The first-order valence-corrected chi connectivity index (χ1v) is 5.76. The highest BCUT2D eigenvalue weighted by atomic mass is 35.7. The van der Waals surface area contributed by atoms with Crippen molar-refractivity contribution in [1.82, 2.24) is 4.98 Å². The van der Waals surface area contributed by atoms with Crippen molar-refractivity contribution in [2.75, 3.05) is 0 Å². The summed E-state index contributed by atoms with van der Waals surface area (Å²) in [6.45, 7) is 0. The zero-order valence-electron chi connectivity index (χ0n) is 6.35. The fourth-order valence-electron chi connectivity index (χ4n) is 0.695. The lowest BCUT2D eigenvalue weighted by Crippen LogP contribution is -1.97. The van der Waals surface area contributed by atoms with Gasteiger partial charge in [0.1, 0.15) is 0 Å². The Bertz CT molecular complexity index is 487. The molecule has 1 aromatic heterocycles. The minimum absolute atomic E-state index is 0.307. The van der Waals surface area contributed by atoms with E-state index in [9.17, 15) is 18.5 Å². The summed E-state index contributed by atoms with van der Waals surface area (Å²) in [5, 5.41) is 9.97. The van der Waals surface area contributed by atoms with Crippen molar-refractivity contribution < 1.29 is 13.3 Å². The lowest BCUT2D eigenvalue weighted by Gasteiger charge is -1.95. The molecule has 0 saturated heterocycles. The highest BCUT2D eigenvalue weighted by molar-refractivity contribution is 8.13. The molecule has 0 spiro atoms. The number of pyridine rings is 1. The van der Waals surface area contributed by atoms with E-state index in [2.05, 4.69) is 4.98 Å². The van der Waals surface area contributed by atoms with Crippen LogP contribution in [-0.2, 0) is 9.05 Å². The van der Waals surface area contributed by atoms with Gasteiger partial charge < -0.3 is 10.1 Å². The van der Waals surface area contributed by atoms with Crippen LogP contribution in [0.2, 0.25) is 5.15 Å². The van der Waals surface area contributed by atoms with Crippen molar-refractivity contribution in [2.24, 2.45) is 0 Å². The summed E-state index contributed by atoms with van der Waals surface area (Å²) in [4.78, 5) is 12.3. The van der Waals surface area contributed by atoms with E-state index in [1.807, 2.05) is 0 Å². The van der Waals surface area contributed by atoms with Crippen molar-refractivity contribution in [1.29, 1.82) is 0 Å². The second-order valence-electron chi connectivity index (χ2n) is 2.18. The molecule has 1 aromatic rings. The van der Waals surface area contributed by atoms with Crippen LogP contribution in [0.15, 0.2) is 17.0 Å². The van der Waals surface area contributed by atoms with Gasteiger partial charge in [0, 0.05) is 16.7 Å². The Hall–Kier alpha value is -0.920. The molecule has 0 N–H and O–H groups in total. The van der Waals surface area contributed by atoms with E-state index in [-0.39, 0.29) is 5.15 Å². The summed E-state index contributed by atoms with van der Waals surface area (Å²) in [6, 6.07) is 1.66. The number of hydrogen-bond donors (Lipinski definition) is 0. The predicted octanol–water partition coefficient (Wildman–Crippen LogP) is 1.57. The van der Waals surface area contributed by atoms with Crippen molar-refractivity contribution in [2.45, 2.75) is 4.90 Å². The van der Waals surface area contributed by atoms with Crippen LogP contribution in [0.4, 0.5) is 5.82 Å². The average Bonchev–Trinajstić information content (AvgIpc) is 2.01. The first-order valence-electron chi connectivity index (χ1n) is 3.07. The molecular formula is C5H2Cl2N2O4S. The molecule has 14 heavy (non-hydrogen) atoms. The minimum Gasteiger partial charge on any atom is -0.358 e. The number of rotatable bonds is 2. The van der Waals surface area contributed by atoms with E-state index < -0.39 is 24.7 Å². The Morgan fingerprint density at radius 1 is 1.43 bits per heavy atom. The minimum atomic E-state index is -4.04. The van der Waals surface area contributed by atoms with Gasteiger partial charge >= 0.3 is 5.82 Å². The van der Waals surface area contributed by atoms with Gasteiger partial charge in [-0.3, -0.25) is 0 Å². The van der Waals surface area contributed by atoms with Crippen molar-refractivity contribution in [3.05, 3.63) is 27.4 Å². The quantitative estimate of drug-likeness (QED) is 0.347. The molecule has 0 fully saturated rings. The van der Waals surface area contributed by atoms with Crippen LogP contribution in [0.25, 0.3) is 0 Å². The van der Waals surface area contributed by atoms with Crippen LogP contribution in [0, 0.1) is 10.1 Å². The fourth-order valence-corrected chi connectivity index (χ4v) is 1.73. The summed E-state index contributed by atoms with van der Waals surface area (Å²) in [7, 11) is 0.932. The molecule has 1 rings (SSSR count). The molecule has 6 nitrogen and oxygen atoms in total. The topological polar surface area (TPSA) is 90.2 Å². The van der Waals surface area contributed by atoms with Crippen LogP contribution < -0.4 is 0 Å². The predicted molar refractivity (Wildman–Crippen MR) is 48.9 cm³/mol. The summed E-state index contributed by atoms with van der Waals surface area (Å²) >= 11 is 5.36. The molecule has 1 heterocycles. The maximum Gasteiger partial charge on any atom is 0.366 e. The van der Waals surface area contributed by atoms with Crippen LogP contribution in [0.1, 0.15) is 0 Å². The molecular weight excluding hydrogens is 255 g/mol. The molecule has 0 aliphatic carbocycles. The van der Waals surface area contributed by atoms with Gasteiger partial charge in [0.2, 0.25) is 5.15 Å².